The van der Waals surface area contributed by atoms with E-state index in [1.54, 1.807) is 0 Å². The first-order valence-electron chi connectivity index (χ1n) is 6.22. The Morgan fingerprint density at radius 1 is 1.50 bits per heavy atom. The number of hydrogen-bond acceptors (Lipinski definition) is 3. The van der Waals surface area contributed by atoms with Crippen molar-refractivity contribution in [2.75, 3.05) is 39.3 Å². The van der Waals surface area contributed by atoms with Crippen molar-refractivity contribution in [3.05, 3.63) is 0 Å². The third-order valence-electron chi connectivity index (χ3n) is 3.38. The highest BCUT2D eigenvalue weighted by Crippen LogP contribution is 2.29. The summed E-state index contributed by atoms with van der Waals surface area (Å²) >= 11 is 0. The summed E-state index contributed by atoms with van der Waals surface area (Å²) in [4.78, 5) is 2.34. The van der Waals surface area contributed by atoms with Gasteiger partial charge < -0.3 is 10.1 Å². The fourth-order valence-corrected chi connectivity index (χ4v) is 2.03. The summed E-state index contributed by atoms with van der Waals surface area (Å²) in [6.45, 7) is 7.80. The Hall–Kier alpha value is -0.560. The first kappa shape index (κ1) is 11.9. The van der Waals surface area contributed by atoms with Crippen LogP contribution in [0.25, 0.3) is 0 Å². The van der Waals surface area contributed by atoms with Gasteiger partial charge in [0, 0.05) is 26.2 Å². The molecule has 0 bridgehead atoms. The second kappa shape index (κ2) is 5.18. The SMILES string of the molecule is C#CCN(CCOC1(C)CNC1)CC1CC1. The lowest BCUT2D eigenvalue weighted by Crippen LogP contribution is -2.59. The van der Waals surface area contributed by atoms with Crippen LogP contribution < -0.4 is 5.32 Å². The van der Waals surface area contributed by atoms with Gasteiger partial charge in [0.2, 0.25) is 0 Å². The van der Waals surface area contributed by atoms with E-state index < -0.39 is 0 Å². The Morgan fingerprint density at radius 3 is 2.75 bits per heavy atom. The molecule has 1 saturated carbocycles. The molecule has 0 atom stereocenters. The molecule has 2 aliphatic rings. The Morgan fingerprint density at radius 2 is 2.25 bits per heavy atom. The van der Waals surface area contributed by atoms with Crippen LogP contribution in [0.2, 0.25) is 0 Å². The fraction of sp³-hybridized carbons (Fsp3) is 0.846. The van der Waals surface area contributed by atoms with Gasteiger partial charge in [-0.3, -0.25) is 4.90 Å². The van der Waals surface area contributed by atoms with Crippen molar-refractivity contribution in [1.29, 1.82) is 0 Å². The molecule has 1 N–H and O–H groups in total. The van der Waals surface area contributed by atoms with Crippen LogP contribution in [0.4, 0.5) is 0 Å². The van der Waals surface area contributed by atoms with Gasteiger partial charge in [-0.1, -0.05) is 5.92 Å². The molecule has 2 rings (SSSR count). The first-order chi connectivity index (χ1) is 7.72. The van der Waals surface area contributed by atoms with E-state index >= 15 is 0 Å². The van der Waals surface area contributed by atoms with Crippen LogP contribution in [0.1, 0.15) is 19.8 Å². The van der Waals surface area contributed by atoms with E-state index in [1.807, 2.05) is 0 Å². The minimum Gasteiger partial charge on any atom is -0.371 e. The zero-order chi connectivity index (χ0) is 11.4. The quantitative estimate of drug-likeness (QED) is 0.642. The topological polar surface area (TPSA) is 24.5 Å². The molecule has 1 aliphatic carbocycles. The summed E-state index contributed by atoms with van der Waals surface area (Å²) in [5.74, 6) is 3.63. The Balaban J connectivity index is 1.62. The zero-order valence-electron chi connectivity index (χ0n) is 10.2. The zero-order valence-corrected chi connectivity index (χ0v) is 10.2. The van der Waals surface area contributed by atoms with E-state index in [2.05, 4.69) is 23.1 Å². The van der Waals surface area contributed by atoms with Crippen LogP contribution in [-0.4, -0.2) is 49.8 Å². The van der Waals surface area contributed by atoms with Crippen molar-refractivity contribution >= 4 is 0 Å². The maximum absolute atomic E-state index is 5.87. The van der Waals surface area contributed by atoms with Crippen LogP contribution in [-0.2, 0) is 4.74 Å². The van der Waals surface area contributed by atoms with Crippen molar-refractivity contribution in [2.45, 2.75) is 25.4 Å². The third-order valence-corrected chi connectivity index (χ3v) is 3.38. The predicted octanol–water partition coefficient (Wildman–Crippen LogP) is 0.710. The van der Waals surface area contributed by atoms with Crippen LogP contribution in [0.15, 0.2) is 0 Å². The average molecular weight is 222 g/mol. The van der Waals surface area contributed by atoms with Crippen molar-refractivity contribution < 1.29 is 4.74 Å². The van der Waals surface area contributed by atoms with E-state index in [0.29, 0.717) is 0 Å². The molecule has 0 radical (unpaired) electrons. The molecule has 1 aliphatic heterocycles. The van der Waals surface area contributed by atoms with Gasteiger partial charge in [0.15, 0.2) is 0 Å². The van der Waals surface area contributed by atoms with Crippen molar-refractivity contribution in [3.63, 3.8) is 0 Å². The molecule has 1 saturated heterocycles. The molecule has 3 heteroatoms. The maximum atomic E-state index is 5.87. The standard InChI is InChI=1S/C13H22N2O/c1-3-6-15(9-12-4-5-12)7-8-16-13(2)10-14-11-13/h1,12,14H,4-11H2,2H3. The fourth-order valence-electron chi connectivity index (χ4n) is 2.03. The summed E-state index contributed by atoms with van der Waals surface area (Å²) in [6.07, 6.45) is 8.14. The third kappa shape index (κ3) is 3.48. The highest BCUT2D eigenvalue weighted by Gasteiger charge is 2.32. The molecule has 0 aromatic carbocycles. The Kier molecular flexibility index (Phi) is 3.86. The molecular weight excluding hydrogens is 200 g/mol. The van der Waals surface area contributed by atoms with E-state index in [-0.39, 0.29) is 5.60 Å². The van der Waals surface area contributed by atoms with E-state index in [1.165, 1.54) is 12.8 Å². The summed E-state index contributed by atoms with van der Waals surface area (Å²) in [7, 11) is 0. The van der Waals surface area contributed by atoms with Gasteiger partial charge in [-0.05, 0) is 25.7 Å². The monoisotopic (exact) mass is 222 g/mol. The van der Waals surface area contributed by atoms with Gasteiger partial charge in [0.1, 0.15) is 0 Å². The van der Waals surface area contributed by atoms with Gasteiger partial charge in [-0.25, -0.2) is 0 Å². The first-order valence-corrected chi connectivity index (χ1v) is 6.22. The summed E-state index contributed by atoms with van der Waals surface area (Å²) in [6, 6.07) is 0. The average Bonchev–Trinajstić information content (AvgIpc) is 2.99. The molecule has 90 valence electrons. The Bertz CT molecular complexity index is 264. The summed E-state index contributed by atoms with van der Waals surface area (Å²) < 4.78 is 5.87. The largest absolute Gasteiger partial charge is 0.371 e. The summed E-state index contributed by atoms with van der Waals surface area (Å²) in [5, 5.41) is 3.24. The van der Waals surface area contributed by atoms with Gasteiger partial charge in [0.05, 0.1) is 18.8 Å². The van der Waals surface area contributed by atoms with Gasteiger partial charge in [0.25, 0.3) is 0 Å². The predicted molar refractivity (Wildman–Crippen MR) is 65.2 cm³/mol. The minimum absolute atomic E-state index is 0.0708. The number of rotatable bonds is 7. The van der Waals surface area contributed by atoms with Gasteiger partial charge in [-0.2, -0.15) is 0 Å². The molecule has 0 spiro atoms. The lowest BCUT2D eigenvalue weighted by atomic mass is 10.0. The molecule has 0 amide bonds. The number of hydrogen-bond donors (Lipinski definition) is 1. The van der Waals surface area contributed by atoms with Crippen molar-refractivity contribution in [3.8, 4) is 12.3 Å². The second-order valence-corrected chi connectivity index (χ2v) is 5.28. The molecule has 3 nitrogen and oxygen atoms in total. The molecule has 16 heavy (non-hydrogen) atoms. The number of terminal acetylenes is 1. The minimum atomic E-state index is 0.0708. The van der Waals surface area contributed by atoms with Crippen LogP contribution in [0.3, 0.4) is 0 Å². The molecule has 1 heterocycles. The smallest absolute Gasteiger partial charge is 0.0902 e. The molecule has 2 fully saturated rings. The number of nitrogens with one attached hydrogen (secondary N) is 1. The number of ether oxygens (including phenoxy) is 1. The molecule has 0 unspecified atom stereocenters. The van der Waals surface area contributed by atoms with E-state index in [4.69, 9.17) is 11.2 Å². The van der Waals surface area contributed by atoms with Crippen molar-refractivity contribution in [2.24, 2.45) is 5.92 Å². The highest BCUT2D eigenvalue weighted by molar-refractivity contribution is 4.92. The lowest BCUT2D eigenvalue weighted by molar-refractivity contribution is -0.0716. The maximum Gasteiger partial charge on any atom is 0.0902 e. The van der Waals surface area contributed by atoms with Crippen LogP contribution in [0, 0.1) is 18.3 Å². The van der Waals surface area contributed by atoms with E-state index in [9.17, 15) is 0 Å². The normalized spacial score (nSPS) is 22.8. The molecule has 0 aromatic rings. The number of nitrogens with zero attached hydrogens (tertiary/aromatic N) is 1. The van der Waals surface area contributed by atoms with E-state index in [0.717, 1.165) is 45.2 Å². The highest BCUT2D eigenvalue weighted by atomic mass is 16.5. The second-order valence-electron chi connectivity index (χ2n) is 5.28. The van der Waals surface area contributed by atoms with Crippen LogP contribution >= 0.6 is 0 Å². The summed E-state index contributed by atoms with van der Waals surface area (Å²) in [5.41, 5.74) is 0.0708. The van der Waals surface area contributed by atoms with Crippen molar-refractivity contribution in [1.82, 2.24) is 10.2 Å². The van der Waals surface area contributed by atoms with Crippen LogP contribution in [0.5, 0.6) is 0 Å². The molecule has 0 aromatic heterocycles. The lowest BCUT2D eigenvalue weighted by Gasteiger charge is -2.39. The van der Waals surface area contributed by atoms with Gasteiger partial charge >= 0.3 is 0 Å². The van der Waals surface area contributed by atoms with Gasteiger partial charge in [-0.15, -0.1) is 6.42 Å². The molecular formula is C13H22N2O. The Labute approximate surface area is 98.5 Å².